The number of aliphatic carboxylic acids is 1. The second-order valence-corrected chi connectivity index (χ2v) is 11.1. The van der Waals surface area contributed by atoms with Crippen LogP contribution in [-0.4, -0.2) is 38.1 Å². The van der Waals surface area contributed by atoms with Crippen molar-refractivity contribution >= 4 is 5.97 Å². The van der Waals surface area contributed by atoms with E-state index in [0.717, 1.165) is 23.3 Å². The molecule has 6 nitrogen and oxygen atoms in total. The summed E-state index contributed by atoms with van der Waals surface area (Å²) in [4.78, 5) is 10.7. The third kappa shape index (κ3) is 9.00. The van der Waals surface area contributed by atoms with Gasteiger partial charge in [0.25, 0.3) is 5.60 Å². The van der Waals surface area contributed by atoms with E-state index in [1.54, 1.807) is 24.3 Å². The predicted molar refractivity (Wildman–Crippen MR) is 163 cm³/mol. The number of ether oxygens (including phenoxy) is 4. The monoisotopic (exact) mass is 675 g/mol. The summed E-state index contributed by atoms with van der Waals surface area (Å²) < 4.78 is 109. The Morgan fingerprint density at radius 2 is 1.38 bits per heavy atom. The zero-order valence-electron chi connectivity index (χ0n) is 26.1. The second kappa shape index (κ2) is 15.5. The van der Waals surface area contributed by atoms with Crippen molar-refractivity contribution in [1.82, 2.24) is 0 Å². The lowest BCUT2D eigenvalue weighted by Crippen LogP contribution is -2.55. The Kier molecular flexibility index (Phi) is 11.6. The first-order valence-corrected chi connectivity index (χ1v) is 14.9. The van der Waals surface area contributed by atoms with Gasteiger partial charge < -0.3 is 28.8 Å². The van der Waals surface area contributed by atoms with E-state index in [9.17, 15) is 36.2 Å². The number of alkyl halides is 6. The number of hydrogen-bond donors (Lipinski definition) is 0. The Bertz CT molecular complexity index is 1610. The van der Waals surface area contributed by atoms with Crippen LogP contribution in [-0.2, 0) is 34.6 Å². The van der Waals surface area contributed by atoms with Crippen LogP contribution in [0.2, 0.25) is 0 Å². The van der Waals surface area contributed by atoms with E-state index in [1.165, 1.54) is 38.3 Å². The maximum atomic E-state index is 14.5. The lowest BCUT2D eigenvalue weighted by atomic mass is 9.90. The SMILES string of the molecule is COc1ccc(COC(c2ccc(O[C@H](COc3ccc(CCC(=O)[O-])cc3)Cc3ccccc3)c(C)c2)(C(F)(F)F)C(F)(F)F)cc1. The van der Waals surface area contributed by atoms with Gasteiger partial charge in [-0.15, -0.1) is 0 Å². The van der Waals surface area contributed by atoms with Gasteiger partial charge in [0.05, 0.1) is 13.7 Å². The van der Waals surface area contributed by atoms with Crippen LogP contribution in [0.15, 0.2) is 97.1 Å². The molecule has 0 N–H and O–H groups in total. The van der Waals surface area contributed by atoms with E-state index in [1.807, 2.05) is 30.3 Å². The van der Waals surface area contributed by atoms with Crippen molar-refractivity contribution in [2.75, 3.05) is 13.7 Å². The standard InChI is InChI=1S/C36H34F6O6/c1-24-20-28(34(35(37,38)39,36(40,41)42)47-22-27-10-14-29(45-2)15-11-27)13-18-32(24)48-31(21-26-6-4-3-5-7-26)23-46-30-16-8-25(9-17-30)12-19-33(43)44/h3-11,13-18,20,31H,12,19,21-23H2,1-2H3,(H,43,44)/p-1/t31-/m0/s1. The highest BCUT2D eigenvalue weighted by atomic mass is 19.4. The number of carbonyl (C=O) groups is 1. The lowest BCUT2D eigenvalue weighted by Gasteiger charge is -2.37. The molecule has 0 saturated heterocycles. The van der Waals surface area contributed by atoms with Gasteiger partial charge in [-0.25, -0.2) is 0 Å². The molecule has 256 valence electrons. The Morgan fingerprint density at radius 1 is 0.771 bits per heavy atom. The second-order valence-electron chi connectivity index (χ2n) is 11.1. The van der Waals surface area contributed by atoms with Crippen molar-refractivity contribution in [3.8, 4) is 17.2 Å². The number of aryl methyl sites for hydroxylation is 2. The molecule has 0 bridgehead atoms. The van der Waals surface area contributed by atoms with Gasteiger partial charge in [-0.3, -0.25) is 0 Å². The molecule has 12 heteroatoms. The highest BCUT2D eigenvalue weighted by Crippen LogP contribution is 2.53. The zero-order valence-corrected chi connectivity index (χ0v) is 26.1. The molecule has 0 unspecified atom stereocenters. The molecule has 0 radical (unpaired) electrons. The first-order valence-electron chi connectivity index (χ1n) is 14.9. The molecule has 1 atom stereocenters. The normalized spacial score (nSPS) is 12.8. The van der Waals surface area contributed by atoms with Crippen LogP contribution >= 0.6 is 0 Å². The molecule has 0 fully saturated rings. The van der Waals surface area contributed by atoms with E-state index >= 15 is 0 Å². The minimum absolute atomic E-state index is 0.0194. The van der Waals surface area contributed by atoms with Crippen molar-refractivity contribution in [3.05, 3.63) is 125 Å². The summed E-state index contributed by atoms with van der Waals surface area (Å²) >= 11 is 0. The van der Waals surface area contributed by atoms with Crippen LogP contribution in [0.1, 0.15) is 34.2 Å². The molecule has 4 rings (SSSR count). The van der Waals surface area contributed by atoms with Gasteiger partial charge in [0.1, 0.15) is 30.0 Å². The van der Waals surface area contributed by atoms with Crippen molar-refractivity contribution in [1.29, 1.82) is 0 Å². The van der Waals surface area contributed by atoms with Gasteiger partial charge in [0, 0.05) is 18.0 Å². The predicted octanol–water partition coefficient (Wildman–Crippen LogP) is 7.29. The Morgan fingerprint density at radius 3 is 1.94 bits per heavy atom. The van der Waals surface area contributed by atoms with Gasteiger partial charge in [0.15, 0.2) is 0 Å². The van der Waals surface area contributed by atoms with Gasteiger partial charge in [-0.1, -0.05) is 60.7 Å². The lowest BCUT2D eigenvalue weighted by molar-refractivity contribution is -0.392. The van der Waals surface area contributed by atoms with Crippen LogP contribution in [0, 0.1) is 6.92 Å². The van der Waals surface area contributed by atoms with Crippen molar-refractivity contribution in [2.45, 2.75) is 56.9 Å². The van der Waals surface area contributed by atoms with Gasteiger partial charge in [0.2, 0.25) is 0 Å². The summed E-state index contributed by atoms with van der Waals surface area (Å²) in [6, 6.07) is 23.9. The fourth-order valence-electron chi connectivity index (χ4n) is 5.03. The van der Waals surface area contributed by atoms with Crippen LogP contribution in [0.3, 0.4) is 0 Å². The Balaban J connectivity index is 1.59. The number of benzene rings is 4. The first kappa shape index (κ1) is 36.1. The molecule has 0 aliphatic heterocycles. The molecule has 0 aliphatic carbocycles. The molecule has 0 heterocycles. The highest BCUT2D eigenvalue weighted by molar-refractivity contribution is 5.64. The van der Waals surface area contributed by atoms with E-state index in [2.05, 4.69) is 0 Å². The summed E-state index contributed by atoms with van der Waals surface area (Å²) in [5.41, 5.74) is -4.03. The third-order valence-electron chi connectivity index (χ3n) is 7.57. The van der Waals surface area contributed by atoms with Crippen LogP contribution in [0.5, 0.6) is 17.2 Å². The largest absolute Gasteiger partial charge is 0.550 e. The molecule has 0 saturated carbocycles. The third-order valence-corrected chi connectivity index (χ3v) is 7.57. The van der Waals surface area contributed by atoms with Gasteiger partial charge in [-0.2, -0.15) is 26.3 Å². The summed E-state index contributed by atoms with van der Waals surface area (Å²) in [7, 11) is 1.38. The van der Waals surface area contributed by atoms with Crippen molar-refractivity contribution in [3.63, 3.8) is 0 Å². The Hall–Kier alpha value is -4.71. The van der Waals surface area contributed by atoms with Crippen molar-refractivity contribution in [2.24, 2.45) is 0 Å². The fourth-order valence-corrected chi connectivity index (χ4v) is 5.03. The molecule has 48 heavy (non-hydrogen) atoms. The number of methoxy groups -OCH3 is 1. The smallest absolute Gasteiger partial charge is 0.430 e. The number of carboxylic acid groups (broad SMARTS) is 1. The van der Waals surface area contributed by atoms with Gasteiger partial charge in [-0.05, 0) is 78.4 Å². The van der Waals surface area contributed by atoms with Crippen LogP contribution in [0.4, 0.5) is 26.3 Å². The maximum absolute atomic E-state index is 14.5. The minimum Gasteiger partial charge on any atom is -0.550 e. The highest BCUT2D eigenvalue weighted by Gasteiger charge is 2.73. The summed E-state index contributed by atoms with van der Waals surface area (Å²) in [6.07, 6.45) is -12.0. The quantitative estimate of drug-likeness (QED) is 0.123. The van der Waals surface area contributed by atoms with Crippen LogP contribution in [0.25, 0.3) is 0 Å². The fraction of sp³-hybridized carbons (Fsp3) is 0.306. The molecule has 4 aromatic carbocycles. The van der Waals surface area contributed by atoms with Crippen LogP contribution < -0.4 is 19.3 Å². The first-order chi connectivity index (χ1) is 22.7. The van der Waals surface area contributed by atoms with E-state index in [0.29, 0.717) is 24.0 Å². The Labute approximate surface area is 273 Å². The number of hydrogen-bond acceptors (Lipinski definition) is 6. The van der Waals surface area contributed by atoms with Gasteiger partial charge >= 0.3 is 12.4 Å². The molecule has 4 aromatic rings. The summed E-state index contributed by atoms with van der Waals surface area (Å²) in [5.74, 6) is -0.268. The molecular formula is C36H33F6O6-. The van der Waals surface area contributed by atoms with E-state index in [-0.39, 0.29) is 36.3 Å². The number of carbonyl (C=O) groups excluding carboxylic acids is 1. The average Bonchev–Trinajstić information content (AvgIpc) is 3.04. The minimum atomic E-state index is -5.86. The molecule has 0 aliphatic rings. The molecular weight excluding hydrogens is 642 g/mol. The summed E-state index contributed by atoms with van der Waals surface area (Å²) in [5, 5.41) is 10.7. The number of carboxylic acids is 1. The zero-order chi connectivity index (χ0) is 35.0. The number of halogens is 6. The maximum Gasteiger partial charge on any atom is 0.430 e. The van der Waals surface area contributed by atoms with E-state index in [4.69, 9.17) is 18.9 Å². The molecule has 0 aromatic heterocycles. The van der Waals surface area contributed by atoms with Crippen molar-refractivity contribution < 1.29 is 55.2 Å². The van der Waals surface area contributed by atoms with E-state index < -0.39 is 42.2 Å². The molecule has 0 amide bonds. The topological polar surface area (TPSA) is 77.0 Å². The molecule has 0 spiro atoms. The summed E-state index contributed by atoms with van der Waals surface area (Å²) in [6.45, 7) is 0.356. The average molecular weight is 676 g/mol. The number of rotatable bonds is 15.